The van der Waals surface area contributed by atoms with Crippen LogP contribution in [0.3, 0.4) is 0 Å². The molecule has 0 unspecified atom stereocenters. The average Bonchev–Trinajstić information content (AvgIpc) is 2.02. The van der Waals surface area contributed by atoms with Crippen LogP contribution in [-0.2, 0) is 4.79 Å². The molecule has 0 radical (unpaired) electrons. The van der Waals surface area contributed by atoms with Gasteiger partial charge in [0.25, 0.3) is 0 Å². The van der Waals surface area contributed by atoms with Crippen molar-refractivity contribution in [1.82, 2.24) is 0 Å². The fourth-order valence-electron chi connectivity index (χ4n) is 1.48. The summed E-state index contributed by atoms with van der Waals surface area (Å²) in [6.07, 6.45) is 1.04. The summed E-state index contributed by atoms with van der Waals surface area (Å²) in [5, 5.41) is 0. The molecule has 3 heteroatoms. The number of carbonyl (C=O) groups is 1. The number of carbonyl (C=O) groups excluding carboxylic acids is 1. The Morgan fingerprint density at radius 2 is 2.23 bits per heavy atom. The van der Waals surface area contributed by atoms with E-state index in [-0.39, 0.29) is 5.92 Å². The van der Waals surface area contributed by atoms with Crippen molar-refractivity contribution in [2.45, 2.75) is 0 Å². The highest BCUT2D eigenvalue weighted by Gasteiger charge is 2.25. The number of rotatable bonds is 2. The van der Waals surface area contributed by atoms with E-state index < -0.39 is 0 Å². The second kappa shape index (κ2) is 3.50. The largest absolute Gasteiger partial charge is 0.370 e. The highest BCUT2D eigenvalue weighted by molar-refractivity contribution is 9.10. The lowest BCUT2D eigenvalue weighted by atomic mass is 10.0. The van der Waals surface area contributed by atoms with E-state index in [1.54, 1.807) is 0 Å². The number of benzene rings is 1. The summed E-state index contributed by atoms with van der Waals surface area (Å²) in [5.41, 5.74) is 1.19. The van der Waals surface area contributed by atoms with Gasteiger partial charge < -0.3 is 9.69 Å². The van der Waals surface area contributed by atoms with Gasteiger partial charge in [0.2, 0.25) is 0 Å². The van der Waals surface area contributed by atoms with E-state index >= 15 is 0 Å². The van der Waals surface area contributed by atoms with Gasteiger partial charge in [0.1, 0.15) is 6.29 Å². The molecule has 0 N–H and O–H groups in total. The normalized spacial score (nSPS) is 16.8. The van der Waals surface area contributed by atoms with Crippen LogP contribution in [0, 0.1) is 5.92 Å². The van der Waals surface area contributed by atoms with Crippen LogP contribution < -0.4 is 4.90 Å². The summed E-state index contributed by atoms with van der Waals surface area (Å²) >= 11 is 3.42. The van der Waals surface area contributed by atoms with Gasteiger partial charge in [-0.05, 0) is 18.2 Å². The van der Waals surface area contributed by atoms with E-state index in [9.17, 15) is 4.79 Å². The number of aldehydes is 1. The molecule has 0 aromatic heterocycles. The Morgan fingerprint density at radius 1 is 1.46 bits per heavy atom. The van der Waals surface area contributed by atoms with Crippen molar-refractivity contribution in [2.75, 3.05) is 18.0 Å². The zero-order chi connectivity index (χ0) is 9.26. The minimum absolute atomic E-state index is 0.235. The highest BCUT2D eigenvalue weighted by atomic mass is 79.9. The van der Waals surface area contributed by atoms with Crippen molar-refractivity contribution in [3.63, 3.8) is 0 Å². The van der Waals surface area contributed by atoms with Crippen molar-refractivity contribution in [3.8, 4) is 0 Å². The maximum Gasteiger partial charge on any atom is 0.126 e. The molecule has 1 fully saturated rings. The summed E-state index contributed by atoms with van der Waals surface area (Å²) in [4.78, 5) is 12.6. The first kappa shape index (κ1) is 8.75. The molecule has 0 aliphatic carbocycles. The van der Waals surface area contributed by atoms with Crippen molar-refractivity contribution in [3.05, 3.63) is 28.7 Å². The van der Waals surface area contributed by atoms with Crippen molar-refractivity contribution >= 4 is 27.9 Å². The van der Waals surface area contributed by atoms with Crippen molar-refractivity contribution < 1.29 is 4.79 Å². The van der Waals surface area contributed by atoms with Gasteiger partial charge in [-0.25, -0.2) is 0 Å². The number of hydrogen-bond acceptors (Lipinski definition) is 2. The molecule has 0 amide bonds. The minimum atomic E-state index is 0.235. The predicted octanol–water partition coefficient (Wildman–Crippen LogP) is 2.08. The van der Waals surface area contributed by atoms with Crippen molar-refractivity contribution in [1.29, 1.82) is 0 Å². The molecule has 1 heterocycles. The van der Waals surface area contributed by atoms with Crippen LogP contribution in [0.15, 0.2) is 28.7 Å². The summed E-state index contributed by atoms with van der Waals surface area (Å²) in [6.45, 7) is 1.72. The number of anilines is 1. The molecule has 1 saturated heterocycles. The second-order valence-electron chi connectivity index (χ2n) is 3.28. The predicted molar refractivity (Wildman–Crippen MR) is 55.9 cm³/mol. The molecule has 2 nitrogen and oxygen atoms in total. The van der Waals surface area contributed by atoms with E-state index in [1.165, 1.54) is 5.69 Å². The van der Waals surface area contributed by atoms with Gasteiger partial charge in [-0.3, -0.25) is 0 Å². The average molecular weight is 240 g/mol. The third-order valence-corrected chi connectivity index (χ3v) is 2.77. The van der Waals surface area contributed by atoms with Crippen LogP contribution in [0.2, 0.25) is 0 Å². The number of nitrogens with zero attached hydrogens (tertiary/aromatic N) is 1. The Kier molecular flexibility index (Phi) is 2.36. The van der Waals surface area contributed by atoms with Crippen LogP contribution in [-0.4, -0.2) is 19.4 Å². The Balaban J connectivity index is 2.07. The van der Waals surface area contributed by atoms with E-state index in [4.69, 9.17) is 0 Å². The van der Waals surface area contributed by atoms with E-state index in [0.29, 0.717) is 0 Å². The monoisotopic (exact) mass is 239 g/mol. The van der Waals surface area contributed by atoms with E-state index in [1.807, 2.05) is 12.1 Å². The Hall–Kier alpha value is -0.830. The first-order valence-electron chi connectivity index (χ1n) is 4.25. The number of halogens is 1. The summed E-state index contributed by atoms with van der Waals surface area (Å²) < 4.78 is 1.08. The molecular weight excluding hydrogens is 230 g/mol. The summed E-state index contributed by atoms with van der Waals surface area (Å²) in [5.74, 6) is 0.235. The Bertz CT molecular complexity index is 320. The lowest BCUT2D eigenvalue weighted by Gasteiger charge is -2.38. The molecular formula is C10H10BrNO. The first-order chi connectivity index (χ1) is 6.29. The Morgan fingerprint density at radius 3 is 2.85 bits per heavy atom. The lowest BCUT2D eigenvalue weighted by Crippen LogP contribution is -2.47. The van der Waals surface area contributed by atoms with Crippen LogP contribution in [0.5, 0.6) is 0 Å². The zero-order valence-corrected chi connectivity index (χ0v) is 8.70. The standard InChI is InChI=1S/C10H10BrNO/c11-9-2-1-3-10(4-9)12-5-8(6-12)7-13/h1-4,7-8H,5-6H2. The van der Waals surface area contributed by atoms with Crippen molar-refractivity contribution in [2.24, 2.45) is 5.92 Å². The van der Waals surface area contributed by atoms with Crippen LogP contribution in [0.1, 0.15) is 0 Å². The molecule has 0 spiro atoms. The first-order valence-corrected chi connectivity index (χ1v) is 5.04. The zero-order valence-electron chi connectivity index (χ0n) is 7.11. The van der Waals surface area contributed by atoms with Crippen LogP contribution >= 0.6 is 15.9 Å². The molecule has 1 aliphatic heterocycles. The molecule has 1 aromatic carbocycles. The third kappa shape index (κ3) is 1.75. The van der Waals surface area contributed by atoms with Gasteiger partial charge in [0.05, 0.1) is 0 Å². The lowest BCUT2D eigenvalue weighted by molar-refractivity contribution is -0.111. The van der Waals surface area contributed by atoms with E-state index in [0.717, 1.165) is 23.8 Å². The highest BCUT2D eigenvalue weighted by Crippen LogP contribution is 2.25. The van der Waals surface area contributed by atoms with Gasteiger partial charge in [-0.15, -0.1) is 0 Å². The van der Waals surface area contributed by atoms with Gasteiger partial charge in [-0.1, -0.05) is 22.0 Å². The molecule has 2 rings (SSSR count). The summed E-state index contributed by atoms with van der Waals surface area (Å²) in [6, 6.07) is 8.14. The summed E-state index contributed by atoms with van der Waals surface area (Å²) in [7, 11) is 0. The third-order valence-electron chi connectivity index (χ3n) is 2.28. The van der Waals surface area contributed by atoms with Gasteiger partial charge in [-0.2, -0.15) is 0 Å². The topological polar surface area (TPSA) is 20.3 Å². The fraction of sp³-hybridized carbons (Fsp3) is 0.300. The quantitative estimate of drug-likeness (QED) is 0.737. The smallest absolute Gasteiger partial charge is 0.126 e. The maximum atomic E-state index is 10.4. The second-order valence-corrected chi connectivity index (χ2v) is 4.20. The van der Waals surface area contributed by atoms with E-state index in [2.05, 4.69) is 33.0 Å². The molecule has 0 saturated carbocycles. The SMILES string of the molecule is O=CC1CN(c2cccc(Br)c2)C1. The minimum Gasteiger partial charge on any atom is -0.370 e. The molecule has 0 bridgehead atoms. The Labute approximate surface area is 85.7 Å². The maximum absolute atomic E-state index is 10.4. The van der Waals surface area contributed by atoms with Crippen LogP contribution in [0.4, 0.5) is 5.69 Å². The molecule has 1 aromatic rings. The van der Waals surface area contributed by atoms with Gasteiger partial charge >= 0.3 is 0 Å². The van der Waals surface area contributed by atoms with Crippen LogP contribution in [0.25, 0.3) is 0 Å². The number of hydrogen-bond donors (Lipinski definition) is 0. The molecule has 1 aliphatic rings. The van der Waals surface area contributed by atoms with Gasteiger partial charge in [0.15, 0.2) is 0 Å². The van der Waals surface area contributed by atoms with Gasteiger partial charge in [0, 0.05) is 29.2 Å². The molecule has 0 atom stereocenters. The fourth-order valence-corrected chi connectivity index (χ4v) is 1.87. The molecule has 68 valence electrons. The molecule has 13 heavy (non-hydrogen) atoms.